The Morgan fingerprint density at radius 3 is 2.17 bits per heavy atom. The Morgan fingerprint density at radius 2 is 1.67 bits per heavy atom. The standard InChI is InChI=1S/C23H28Cl2N4O6S/c1-15(22(31)26-23(2,3)4)27(13-18-19(24)10-7-11-20(18)25)21(30)14-28(36(5,34)35)16-8-6-9-17(12-16)29(32)33/h6-12,15H,13-14H2,1-5H3,(H,26,31)/t15-/m0/s1. The first-order chi connectivity index (χ1) is 16.5. The lowest BCUT2D eigenvalue weighted by Gasteiger charge is -2.33. The number of non-ortho nitro benzene ring substituents is 1. The molecule has 0 fully saturated rings. The van der Waals surface area contributed by atoms with Gasteiger partial charge in [-0.05, 0) is 45.9 Å². The SMILES string of the molecule is C[C@@H](C(=O)NC(C)(C)C)N(Cc1c(Cl)cccc1Cl)C(=O)CN(c1cccc([N+](=O)[O-])c1)S(C)(=O)=O. The molecule has 0 aliphatic carbocycles. The molecule has 0 aromatic heterocycles. The number of amides is 2. The van der Waals surface area contributed by atoms with Gasteiger partial charge in [-0.2, -0.15) is 0 Å². The van der Waals surface area contributed by atoms with E-state index in [2.05, 4.69) is 5.32 Å². The minimum atomic E-state index is -4.04. The van der Waals surface area contributed by atoms with E-state index in [-0.39, 0.29) is 28.0 Å². The minimum Gasteiger partial charge on any atom is -0.350 e. The van der Waals surface area contributed by atoms with Crippen LogP contribution in [0.3, 0.4) is 0 Å². The number of anilines is 1. The van der Waals surface area contributed by atoms with Crippen molar-refractivity contribution >= 4 is 56.4 Å². The molecule has 0 aliphatic rings. The molecular formula is C23H28Cl2N4O6S. The lowest BCUT2D eigenvalue weighted by atomic mass is 10.1. The van der Waals surface area contributed by atoms with Crippen LogP contribution in [0.5, 0.6) is 0 Å². The van der Waals surface area contributed by atoms with Gasteiger partial charge in [0, 0.05) is 39.8 Å². The van der Waals surface area contributed by atoms with Crippen LogP contribution < -0.4 is 9.62 Å². The topological polar surface area (TPSA) is 130 Å². The number of nitro benzene ring substituents is 1. The molecule has 2 aromatic rings. The second-order valence-corrected chi connectivity index (χ2v) is 11.9. The minimum absolute atomic E-state index is 0.0671. The molecule has 0 unspecified atom stereocenters. The summed E-state index contributed by atoms with van der Waals surface area (Å²) in [7, 11) is -4.04. The first kappa shape index (κ1) is 29.3. The molecule has 1 atom stereocenters. The van der Waals surface area contributed by atoms with E-state index in [0.717, 1.165) is 16.6 Å². The number of carbonyl (C=O) groups excluding carboxylic acids is 2. The average molecular weight is 559 g/mol. The lowest BCUT2D eigenvalue weighted by molar-refractivity contribution is -0.384. The molecule has 0 radical (unpaired) electrons. The van der Waals surface area contributed by atoms with Gasteiger partial charge >= 0.3 is 0 Å². The van der Waals surface area contributed by atoms with Crippen molar-refractivity contribution in [1.29, 1.82) is 0 Å². The third-order valence-electron chi connectivity index (χ3n) is 5.06. The van der Waals surface area contributed by atoms with Crippen molar-refractivity contribution in [2.45, 2.75) is 45.8 Å². The summed E-state index contributed by atoms with van der Waals surface area (Å²) in [5.74, 6) is -1.21. The number of halogens is 2. The highest BCUT2D eigenvalue weighted by atomic mass is 35.5. The molecule has 196 valence electrons. The highest BCUT2D eigenvalue weighted by Crippen LogP contribution is 2.28. The van der Waals surface area contributed by atoms with E-state index in [1.54, 1.807) is 39.0 Å². The lowest BCUT2D eigenvalue weighted by Crippen LogP contribution is -2.54. The molecule has 2 rings (SSSR count). The Morgan fingerprint density at radius 1 is 1.11 bits per heavy atom. The maximum absolute atomic E-state index is 13.6. The Labute approximate surface area is 220 Å². The van der Waals surface area contributed by atoms with E-state index in [9.17, 15) is 28.1 Å². The summed E-state index contributed by atoms with van der Waals surface area (Å²) >= 11 is 12.6. The first-order valence-corrected chi connectivity index (χ1v) is 13.4. The zero-order valence-corrected chi connectivity index (χ0v) is 22.8. The van der Waals surface area contributed by atoms with Crippen LogP contribution in [0, 0.1) is 10.1 Å². The molecule has 0 heterocycles. The number of sulfonamides is 1. The predicted molar refractivity (Wildman–Crippen MR) is 140 cm³/mol. The molecule has 13 heteroatoms. The Kier molecular flexibility index (Phi) is 9.33. The van der Waals surface area contributed by atoms with Gasteiger partial charge in [0.25, 0.3) is 5.69 Å². The average Bonchev–Trinajstić information content (AvgIpc) is 2.74. The summed E-state index contributed by atoms with van der Waals surface area (Å²) in [4.78, 5) is 38.2. The van der Waals surface area contributed by atoms with Gasteiger partial charge in [0.05, 0.1) is 16.9 Å². The van der Waals surface area contributed by atoms with Crippen LogP contribution in [-0.2, 0) is 26.2 Å². The van der Waals surface area contributed by atoms with Crippen LogP contribution in [0.25, 0.3) is 0 Å². The van der Waals surface area contributed by atoms with Crippen LogP contribution in [0.4, 0.5) is 11.4 Å². The van der Waals surface area contributed by atoms with Gasteiger partial charge in [0.1, 0.15) is 12.6 Å². The third kappa shape index (κ3) is 7.81. The number of nitro groups is 1. The summed E-state index contributed by atoms with van der Waals surface area (Å²) < 4.78 is 25.9. The first-order valence-electron chi connectivity index (χ1n) is 10.8. The van der Waals surface area contributed by atoms with Crippen LogP contribution in [-0.4, -0.2) is 54.4 Å². The molecule has 0 bridgehead atoms. The Hall–Kier alpha value is -2.89. The second kappa shape index (κ2) is 11.4. The van der Waals surface area contributed by atoms with Crippen LogP contribution >= 0.6 is 23.2 Å². The predicted octanol–water partition coefficient (Wildman–Crippen LogP) is 4.00. The van der Waals surface area contributed by atoms with Gasteiger partial charge in [0.2, 0.25) is 21.8 Å². The Bertz CT molecular complexity index is 1240. The quantitative estimate of drug-likeness (QED) is 0.365. The molecule has 0 spiro atoms. The van der Waals surface area contributed by atoms with Gasteiger partial charge in [-0.25, -0.2) is 8.42 Å². The van der Waals surface area contributed by atoms with Crippen molar-refractivity contribution in [3.8, 4) is 0 Å². The molecule has 36 heavy (non-hydrogen) atoms. The normalized spacial score (nSPS) is 12.5. The molecule has 0 aliphatic heterocycles. The van der Waals surface area contributed by atoms with E-state index < -0.39 is 44.9 Å². The number of benzene rings is 2. The van der Waals surface area contributed by atoms with E-state index in [0.29, 0.717) is 5.56 Å². The van der Waals surface area contributed by atoms with Crippen molar-refractivity contribution < 1.29 is 22.9 Å². The number of carbonyl (C=O) groups is 2. The van der Waals surface area contributed by atoms with Gasteiger partial charge in [-0.3, -0.25) is 24.0 Å². The number of nitrogens with one attached hydrogen (secondary N) is 1. The Balaban J connectivity index is 2.50. The van der Waals surface area contributed by atoms with Crippen LogP contribution in [0.1, 0.15) is 33.3 Å². The van der Waals surface area contributed by atoms with Crippen LogP contribution in [0.2, 0.25) is 10.0 Å². The van der Waals surface area contributed by atoms with Crippen molar-refractivity contribution in [2.75, 3.05) is 17.1 Å². The maximum Gasteiger partial charge on any atom is 0.271 e. The zero-order chi connectivity index (χ0) is 27.4. The summed E-state index contributed by atoms with van der Waals surface area (Å²) in [5, 5.41) is 14.5. The number of nitrogens with zero attached hydrogens (tertiary/aromatic N) is 3. The summed E-state index contributed by atoms with van der Waals surface area (Å²) in [5.41, 5.74) is -0.621. The third-order valence-corrected chi connectivity index (χ3v) is 6.91. The highest BCUT2D eigenvalue weighted by molar-refractivity contribution is 7.92. The fraction of sp³-hybridized carbons (Fsp3) is 0.391. The molecule has 2 amide bonds. The summed E-state index contributed by atoms with van der Waals surface area (Å²) in [6, 6.07) is 8.67. The van der Waals surface area contributed by atoms with Crippen molar-refractivity contribution in [2.24, 2.45) is 0 Å². The summed E-state index contributed by atoms with van der Waals surface area (Å²) in [6.07, 6.45) is 0.879. The van der Waals surface area contributed by atoms with Gasteiger partial charge in [0.15, 0.2) is 0 Å². The van der Waals surface area contributed by atoms with Gasteiger partial charge in [-0.1, -0.05) is 35.3 Å². The van der Waals surface area contributed by atoms with E-state index in [1.165, 1.54) is 30.0 Å². The van der Waals surface area contributed by atoms with Crippen molar-refractivity contribution in [3.63, 3.8) is 0 Å². The van der Waals surface area contributed by atoms with Gasteiger partial charge < -0.3 is 10.2 Å². The largest absolute Gasteiger partial charge is 0.350 e. The van der Waals surface area contributed by atoms with Crippen molar-refractivity contribution in [3.05, 3.63) is 68.2 Å². The molecular weight excluding hydrogens is 531 g/mol. The molecule has 10 nitrogen and oxygen atoms in total. The second-order valence-electron chi connectivity index (χ2n) is 9.18. The maximum atomic E-state index is 13.6. The van der Waals surface area contributed by atoms with Crippen LogP contribution in [0.15, 0.2) is 42.5 Å². The smallest absolute Gasteiger partial charge is 0.271 e. The summed E-state index contributed by atoms with van der Waals surface area (Å²) in [6.45, 7) is 5.95. The molecule has 1 N–H and O–H groups in total. The van der Waals surface area contributed by atoms with Crippen molar-refractivity contribution in [1.82, 2.24) is 10.2 Å². The number of rotatable bonds is 9. The zero-order valence-electron chi connectivity index (χ0n) is 20.5. The monoisotopic (exact) mass is 558 g/mol. The van der Waals surface area contributed by atoms with Gasteiger partial charge in [-0.15, -0.1) is 0 Å². The molecule has 2 aromatic carbocycles. The number of hydrogen-bond acceptors (Lipinski definition) is 6. The fourth-order valence-corrected chi connectivity index (χ4v) is 4.64. The van der Waals surface area contributed by atoms with E-state index >= 15 is 0 Å². The van der Waals surface area contributed by atoms with E-state index in [4.69, 9.17) is 23.2 Å². The highest BCUT2D eigenvalue weighted by Gasteiger charge is 2.32. The molecule has 0 saturated heterocycles. The number of hydrogen-bond donors (Lipinski definition) is 1. The fourth-order valence-electron chi connectivity index (χ4n) is 3.29. The van der Waals surface area contributed by atoms with E-state index in [1.807, 2.05) is 0 Å². The molecule has 0 saturated carbocycles.